The van der Waals surface area contributed by atoms with Crippen LogP contribution in [0.1, 0.15) is 88.7 Å². The number of aryl methyl sites for hydroxylation is 1. The Hall–Kier alpha value is -2.07. The maximum absolute atomic E-state index is 14.2. The van der Waals surface area contributed by atoms with Crippen LogP contribution in [0.3, 0.4) is 0 Å². The number of unbranched alkanes of at least 4 members (excludes halogenated alkanes) is 2. The van der Waals surface area contributed by atoms with Crippen LogP contribution in [0.4, 0.5) is 4.39 Å². The van der Waals surface area contributed by atoms with Gasteiger partial charge in [0, 0.05) is 11.8 Å². The minimum Gasteiger partial charge on any atom is -0.382 e. The molecule has 1 aromatic carbocycles. The van der Waals surface area contributed by atoms with E-state index in [2.05, 4.69) is 48.3 Å². The Morgan fingerprint density at radius 1 is 1.10 bits per heavy atom. The van der Waals surface area contributed by atoms with Crippen molar-refractivity contribution in [3.8, 4) is 11.3 Å². The van der Waals surface area contributed by atoms with Gasteiger partial charge in [-0.05, 0) is 68.1 Å². The number of carbonyl (C=O) groups is 1. The number of benzene rings is 1. The fourth-order valence-corrected chi connectivity index (χ4v) is 4.53. The van der Waals surface area contributed by atoms with Crippen molar-refractivity contribution in [3.05, 3.63) is 53.7 Å². The summed E-state index contributed by atoms with van der Waals surface area (Å²) in [4.78, 5) is 17.0. The Kier molecular flexibility index (Phi) is 8.36. The Balaban J connectivity index is 1.58. The molecule has 1 aliphatic rings. The van der Waals surface area contributed by atoms with Crippen LogP contribution in [-0.4, -0.2) is 27.6 Å². The Labute approximate surface area is 186 Å². The highest BCUT2D eigenvalue weighted by Gasteiger charge is 2.43. The lowest BCUT2D eigenvalue weighted by Gasteiger charge is -2.35. The molecule has 0 amide bonds. The van der Waals surface area contributed by atoms with E-state index in [0.29, 0.717) is 38.0 Å². The van der Waals surface area contributed by atoms with Gasteiger partial charge in [-0.15, -0.1) is 0 Å². The van der Waals surface area contributed by atoms with Gasteiger partial charge in [-0.3, -0.25) is 9.78 Å². The summed E-state index contributed by atoms with van der Waals surface area (Å²) < 4.78 is 14.2. The first-order valence-corrected chi connectivity index (χ1v) is 11.9. The number of aromatic nitrogens is 1. The quantitative estimate of drug-likeness (QED) is 0.468. The summed E-state index contributed by atoms with van der Waals surface area (Å²) in [7, 11) is 0. The molecule has 1 fully saturated rings. The Bertz CT molecular complexity index is 823. The van der Waals surface area contributed by atoms with Crippen molar-refractivity contribution in [2.24, 2.45) is 0 Å². The third kappa shape index (κ3) is 6.00. The molecule has 1 N–H and O–H groups in total. The third-order valence-corrected chi connectivity index (χ3v) is 6.69. The molecule has 3 nitrogen and oxygen atoms in total. The largest absolute Gasteiger partial charge is 0.382 e. The van der Waals surface area contributed by atoms with Gasteiger partial charge < -0.3 is 5.11 Å². The van der Waals surface area contributed by atoms with E-state index in [9.17, 15) is 14.3 Å². The molecule has 1 heterocycles. The zero-order valence-corrected chi connectivity index (χ0v) is 18.9. The molecule has 0 saturated heterocycles. The van der Waals surface area contributed by atoms with Crippen molar-refractivity contribution < 1.29 is 14.3 Å². The lowest BCUT2D eigenvalue weighted by molar-refractivity contribution is -0.146. The molecular weight excluding hydrogens is 389 g/mol. The predicted octanol–water partition coefficient (Wildman–Crippen LogP) is 6.58. The second-order valence-corrected chi connectivity index (χ2v) is 9.06. The third-order valence-electron chi connectivity index (χ3n) is 6.69. The van der Waals surface area contributed by atoms with Gasteiger partial charge in [-0.2, -0.15) is 0 Å². The van der Waals surface area contributed by atoms with Gasteiger partial charge in [0.25, 0.3) is 0 Å². The summed E-state index contributed by atoms with van der Waals surface area (Å²) in [6.45, 7) is 4.17. The van der Waals surface area contributed by atoms with E-state index in [1.54, 1.807) is 0 Å². The van der Waals surface area contributed by atoms with Crippen molar-refractivity contribution in [1.29, 1.82) is 0 Å². The second kappa shape index (κ2) is 11.0. The molecule has 2 aromatic rings. The number of carbonyl (C=O) groups excluding carboxylic acids is 1. The molecule has 31 heavy (non-hydrogen) atoms. The van der Waals surface area contributed by atoms with Gasteiger partial charge in [0.15, 0.2) is 12.0 Å². The van der Waals surface area contributed by atoms with Crippen LogP contribution in [0.15, 0.2) is 42.6 Å². The number of Topliss-reactive ketones (excluding diaryl/α,β-unsaturated/α-hetero) is 1. The molecule has 1 saturated carbocycles. The van der Waals surface area contributed by atoms with Crippen molar-refractivity contribution in [2.75, 3.05) is 0 Å². The number of pyridine rings is 1. The maximum atomic E-state index is 14.2. The van der Waals surface area contributed by atoms with E-state index in [1.165, 1.54) is 24.0 Å². The summed E-state index contributed by atoms with van der Waals surface area (Å²) in [6.07, 6.45) is 7.69. The molecule has 3 rings (SSSR count). The lowest BCUT2D eigenvalue weighted by Crippen LogP contribution is -2.46. The van der Waals surface area contributed by atoms with E-state index in [-0.39, 0.29) is 6.42 Å². The van der Waals surface area contributed by atoms with Crippen LogP contribution in [0, 0.1) is 0 Å². The number of halogens is 1. The summed E-state index contributed by atoms with van der Waals surface area (Å²) >= 11 is 0. The molecule has 0 spiro atoms. The highest BCUT2D eigenvalue weighted by atomic mass is 19.1. The summed E-state index contributed by atoms with van der Waals surface area (Å²) in [5.74, 6) is -0.316. The fraction of sp³-hybridized carbons (Fsp3) is 0.556. The first-order chi connectivity index (χ1) is 15.0. The second-order valence-electron chi connectivity index (χ2n) is 9.06. The minimum absolute atomic E-state index is 0.218. The number of ketones is 1. The van der Waals surface area contributed by atoms with Crippen molar-refractivity contribution in [1.82, 2.24) is 4.98 Å². The highest BCUT2D eigenvalue weighted by molar-refractivity contribution is 5.91. The lowest BCUT2D eigenvalue weighted by atomic mass is 9.73. The van der Waals surface area contributed by atoms with E-state index in [0.717, 1.165) is 24.1 Å². The van der Waals surface area contributed by atoms with Crippen LogP contribution in [-0.2, 0) is 11.2 Å². The monoisotopic (exact) mass is 425 g/mol. The molecule has 1 aromatic heterocycles. The summed E-state index contributed by atoms with van der Waals surface area (Å²) in [6, 6.07) is 12.7. The zero-order chi connectivity index (χ0) is 22.3. The van der Waals surface area contributed by atoms with Crippen LogP contribution < -0.4 is 0 Å². The minimum atomic E-state index is -1.54. The summed E-state index contributed by atoms with van der Waals surface area (Å²) in [5.41, 5.74) is 3.05. The predicted molar refractivity (Wildman–Crippen MR) is 124 cm³/mol. The van der Waals surface area contributed by atoms with Crippen LogP contribution in [0.5, 0.6) is 0 Å². The van der Waals surface area contributed by atoms with Gasteiger partial charge >= 0.3 is 0 Å². The molecule has 1 atom stereocenters. The van der Waals surface area contributed by atoms with Gasteiger partial charge in [-0.25, -0.2) is 4.39 Å². The average molecular weight is 426 g/mol. The van der Waals surface area contributed by atoms with Crippen LogP contribution >= 0.6 is 0 Å². The van der Waals surface area contributed by atoms with Crippen LogP contribution in [0.2, 0.25) is 0 Å². The van der Waals surface area contributed by atoms with E-state index >= 15 is 0 Å². The van der Waals surface area contributed by atoms with Crippen molar-refractivity contribution >= 4 is 5.78 Å². The van der Waals surface area contributed by atoms with Gasteiger partial charge in [0.1, 0.15) is 5.60 Å². The standard InChI is InChI=1S/C27H36FNO2/c1-3-5-7-20-9-14-25(29-19-20)23-12-10-21(11-13-23)22-15-17-27(31,18-16-22)26(30)24(28)8-6-4-2/h9-14,19,22,24,31H,3-8,15-18H2,1-2H3/t22?,24-,27?/m0/s1. The van der Waals surface area contributed by atoms with E-state index in [4.69, 9.17) is 0 Å². The number of rotatable bonds is 10. The van der Waals surface area contributed by atoms with E-state index < -0.39 is 17.6 Å². The molecular formula is C27H36FNO2. The van der Waals surface area contributed by atoms with Crippen molar-refractivity contribution in [3.63, 3.8) is 0 Å². The molecule has 0 aliphatic heterocycles. The topological polar surface area (TPSA) is 50.2 Å². The number of hydrogen-bond acceptors (Lipinski definition) is 3. The highest BCUT2D eigenvalue weighted by Crippen LogP contribution is 2.40. The van der Waals surface area contributed by atoms with Crippen molar-refractivity contribution in [2.45, 2.75) is 95.7 Å². The molecule has 4 heteroatoms. The maximum Gasteiger partial charge on any atom is 0.198 e. The molecule has 0 radical (unpaired) electrons. The van der Waals surface area contributed by atoms with Crippen LogP contribution in [0.25, 0.3) is 11.3 Å². The Morgan fingerprint density at radius 2 is 1.77 bits per heavy atom. The van der Waals surface area contributed by atoms with Gasteiger partial charge in [-0.1, -0.05) is 63.4 Å². The SMILES string of the molecule is CCCCc1ccc(-c2ccc(C3CCC(O)(C(=O)[C@@H](F)CCCC)CC3)cc2)nc1. The average Bonchev–Trinajstić information content (AvgIpc) is 2.81. The number of nitrogens with zero attached hydrogens (tertiary/aromatic N) is 1. The number of aliphatic hydroxyl groups is 1. The molecule has 0 bridgehead atoms. The van der Waals surface area contributed by atoms with E-state index in [1.807, 2.05) is 13.1 Å². The van der Waals surface area contributed by atoms with Gasteiger partial charge in [0.2, 0.25) is 0 Å². The molecule has 168 valence electrons. The molecule has 0 unspecified atom stereocenters. The first-order valence-electron chi connectivity index (χ1n) is 11.9. The zero-order valence-electron chi connectivity index (χ0n) is 18.9. The number of hydrogen-bond donors (Lipinski definition) is 1. The fourth-order valence-electron chi connectivity index (χ4n) is 4.53. The molecule has 1 aliphatic carbocycles. The number of alkyl halides is 1. The summed E-state index contributed by atoms with van der Waals surface area (Å²) in [5, 5.41) is 10.7. The normalized spacial score (nSPS) is 22.3. The Morgan fingerprint density at radius 3 is 2.35 bits per heavy atom. The van der Waals surface area contributed by atoms with Gasteiger partial charge in [0.05, 0.1) is 5.69 Å². The first kappa shape index (κ1) is 23.6. The smallest absolute Gasteiger partial charge is 0.198 e.